The van der Waals surface area contributed by atoms with Crippen molar-refractivity contribution in [3.63, 3.8) is 0 Å². The number of ether oxygens (including phenoxy) is 3. The largest absolute Gasteiger partial charge is 0.493 e. The lowest BCUT2D eigenvalue weighted by Gasteiger charge is -2.24. The Labute approximate surface area is 91.7 Å². The average molecular weight is 225 g/mol. The van der Waals surface area contributed by atoms with Crippen LogP contribution in [0.3, 0.4) is 0 Å². The molecule has 0 radical (unpaired) electrons. The summed E-state index contributed by atoms with van der Waals surface area (Å²) in [6.45, 7) is 0. The minimum absolute atomic E-state index is 0.258. The van der Waals surface area contributed by atoms with Gasteiger partial charge in [0, 0.05) is 0 Å². The van der Waals surface area contributed by atoms with E-state index in [1.165, 1.54) is 14.2 Å². The number of anilines is 1. The maximum Gasteiger partial charge on any atom is 0.293 e. The molecule has 6 heteroatoms. The molecule has 1 aromatic carbocycles. The fourth-order valence-electron chi connectivity index (χ4n) is 1.47. The Bertz CT molecular complexity index is 431. The zero-order valence-electron chi connectivity index (χ0n) is 8.81. The van der Waals surface area contributed by atoms with E-state index in [0.717, 1.165) is 0 Å². The van der Waals surface area contributed by atoms with Gasteiger partial charge in [-0.15, -0.1) is 0 Å². The molecule has 0 bridgehead atoms. The molecule has 86 valence electrons. The summed E-state index contributed by atoms with van der Waals surface area (Å²) in [6, 6.07) is 3.25. The second-order valence-corrected chi connectivity index (χ2v) is 3.14. The van der Waals surface area contributed by atoms with Crippen molar-refractivity contribution in [1.82, 2.24) is 0 Å². The van der Waals surface area contributed by atoms with E-state index in [1.54, 1.807) is 12.1 Å². The van der Waals surface area contributed by atoms with Crippen LogP contribution in [0.15, 0.2) is 12.1 Å². The molecule has 0 aliphatic carbocycles. The number of carbonyl (C=O) groups is 1. The Morgan fingerprint density at radius 3 is 2.75 bits per heavy atom. The number of benzene rings is 1. The molecule has 1 aliphatic rings. The van der Waals surface area contributed by atoms with Crippen LogP contribution in [-0.4, -0.2) is 31.5 Å². The molecule has 0 saturated heterocycles. The number of amides is 1. The van der Waals surface area contributed by atoms with Crippen LogP contribution < -0.4 is 19.5 Å². The summed E-state index contributed by atoms with van der Waals surface area (Å²) >= 11 is 0. The monoisotopic (exact) mass is 225 g/mol. The van der Waals surface area contributed by atoms with E-state index in [4.69, 9.17) is 14.2 Å². The number of nitrogens with one attached hydrogen (secondary N) is 1. The molecule has 0 saturated carbocycles. The third-order valence-electron chi connectivity index (χ3n) is 2.21. The second-order valence-electron chi connectivity index (χ2n) is 3.14. The highest BCUT2D eigenvalue weighted by molar-refractivity contribution is 5.97. The Morgan fingerprint density at radius 1 is 1.38 bits per heavy atom. The highest BCUT2D eigenvalue weighted by Gasteiger charge is 2.29. The molecule has 0 aromatic heterocycles. The minimum Gasteiger partial charge on any atom is -0.493 e. The van der Waals surface area contributed by atoms with E-state index < -0.39 is 12.2 Å². The standard InChI is InChI=1S/C10H11NO5/c1-14-6-4-3-5-7(8(6)15-2)16-10(13)9(12)11-5/h3-4,10,13H,1-2H3,(H,11,12). The molecule has 1 unspecified atom stereocenters. The molecule has 1 aromatic rings. The first-order chi connectivity index (χ1) is 7.67. The molecule has 6 nitrogen and oxygen atoms in total. The van der Waals surface area contributed by atoms with Gasteiger partial charge in [-0.1, -0.05) is 0 Å². The van der Waals surface area contributed by atoms with Crippen molar-refractivity contribution in [3.05, 3.63) is 12.1 Å². The fourth-order valence-corrected chi connectivity index (χ4v) is 1.47. The Balaban J connectivity index is 2.51. The zero-order valence-corrected chi connectivity index (χ0v) is 8.81. The van der Waals surface area contributed by atoms with Crippen LogP contribution >= 0.6 is 0 Å². The third kappa shape index (κ3) is 1.53. The molecule has 0 fully saturated rings. The van der Waals surface area contributed by atoms with Gasteiger partial charge in [0.15, 0.2) is 11.5 Å². The van der Waals surface area contributed by atoms with Crippen LogP contribution in [0.2, 0.25) is 0 Å². The quantitative estimate of drug-likeness (QED) is 0.759. The van der Waals surface area contributed by atoms with E-state index >= 15 is 0 Å². The Hall–Kier alpha value is -1.95. The minimum atomic E-state index is -1.53. The van der Waals surface area contributed by atoms with Crippen molar-refractivity contribution >= 4 is 11.6 Å². The van der Waals surface area contributed by atoms with E-state index in [2.05, 4.69) is 5.32 Å². The number of hydrogen-bond acceptors (Lipinski definition) is 5. The van der Waals surface area contributed by atoms with E-state index in [-0.39, 0.29) is 5.75 Å². The zero-order chi connectivity index (χ0) is 11.7. The van der Waals surface area contributed by atoms with Crippen LogP contribution in [0.1, 0.15) is 0 Å². The lowest BCUT2D eigenvalue weighted by Crippen LogP contribution is -2.36. The first-order valence-electron chi connectivity index (χ1n) is 4.58. The number of methoxy groups -OCH3 is 2. The maximum absolute atomic E-state index is 11.2. The van der Waals surface area contributed by atoms with E-state index in [1.807, 2.05) is 0 Å². The molecule has 2 N–H and O–H groups in total. The van der Waals surface area contributed by atoms with Crippen LogP contribution in [0.25, 0.3) is 0 Å². The normalized spacial score (nSPS) is 18.2. The van der Waals surface area contributed by atoms with Gasteiger partial charge in [0.2, 0.25) is 5.75 Å². The lowest BCUT2D eigenvalue weighted by molar-refractivity contribution is -0.139. The van der Waals surface area contributed by atoms with Crippen LogP contribution in [0, 0.1) is 0 Å². The smallest absolute Gasteiger partial charge is 0.293 e. The molecule has 1 atom stereocenters. The van der Waals surface area contributed by atoms with Crippen LogP contribution in [0.4, 0.5) is 5.69 Å². The first kappa shape index (κ1) is 10.6. The van der Waals surface area contributed by atoms with E-state index in [9.17, 15) is 9.90 Å². The fraction of sp³-hybridized carbons (Fsp3) is 0.300. The summed E-state index contributed by atoms with van der Waals surface area (Å²) in [5.74, 6) is 0.442. The molecule has 1 amide bonds. The van der Waals surface area contributed by atoms with Gasteiger partial charge in [-0.25, -0.2) is 0 Å². The number of aliphatic hydroxyl groups is 1. The van der Waals surface area contributed by atoms with Crippen molar-refractivity contribution in [3.8, 4) is 17.2 Å². The predicted octanol–water partition coefficient (Wildman–Crippen LogP) is 0.353. The maximum atomic E-state index is 11.2. The molecule has 16 heavy (non-hydrogen) atoms. The Kier molecular flexibility index (Phi) is 2.57. The van der Waals surface area contributed by atoms with Gasteiger partial charge >= 0.3 is 0 Å². The predicted molar refractivity (Wildman–Crippen MR) is 54.8 cm³/mol. The molecule has 1 aliphatic heterocycles. The van der Waals surface area contributed by atoms with Gasteiger partial charge in [0.1, 0.15) is 0 Å². The van der Waals surface area contributed by atoms with Crippen LogP contribution in [0.5, 0.6) is 17.2 Å². The number of aliphatic hydroxyl groups excluding tert-OH is 1. The molecule has 1 heterocycles. The lowest BCUT2D eigenvalue weighted by atomic mass is 10.2. The average Bonchev–Trinajstić information content (AvgIpc) is 2.29. The topological polar surface area (TPSA) is 77.0 Å². The van der Waals surface area contributed by atoms with Crippen molar-refractivity contribution in [1.29, 1.82) is 0 Å². The first-order valence-corrected chi connectivity index (χ1v) is 4.58. The van der Waals surface area contributed by atoms with Gasteiger partial charge in [-0.3, -0.25) is 4.79 Å². The van der Waals surface area contributed by atoms with Crippen molar-refractivity contribution in [2.45, 2.75) is 6.29 Å². The number of hydrogen-bond donors (Lipinski definition) is 2. The second kappa shape index (κ2) is 3.90. The van der Waals surface area contributed by atoms with Crippen molar-refractivity contribution in [2.24, 2.45) is 0 Å². The van der Waals surface area contributed by atoms with Crippen molar-refractivity contribution < 1.29 is 24.1 Å². The molecule has 2 rings (SSSR count). The van der Waals surface area contributed by atoms with Crippen LogP contribution in [-0.2, 0) is 4.79 Å². The Morgan fingerprint density at radius 2 is 2.12 bits per heavy atom. The molecular weight excluding hydrogens is 214 g/mol. The summed E-state index contributed by atoms with van der Waals surface area (Å²) in [7, 11) is 2.94. The number of carbonyl (C=O) groups excluding carboxylic acids is 1. The SMILES string of the molecule is COc1ccc2c(c1OC)OC(O)C(=O)N2. The summed E-state index contributed by atoms with van der Waals surface area (Å²) < 4.78 is 15.2. The van der Waals surface area contributed by atoms with Gasteiger partial charge in [0.25, 0.3) is 12.2 Å². The number of rotatable bonds is 2. The summed E-state index contributed by atoms with van der Waals surface area (Å²) in [5, 5.41) is 11.8. The van der Waals surface area contributed by atoms with Gasteiger partial charge in [-0.2, -0.15) is 0 Å². The highest BCUT2D eigenvalue weighted by atomic mass is 16.6. The highest BCUT2D eigenvalue weighted by Crippen LogP contribution is 2.44. The summed E-state index contributed by atoms with van der Waals surface area (Å²) in [5.41, 5.74) is 0.438. The third-order valence-corrected chi connectivity index (χ3v) is 2.21. The van der Waals surface area contributed by atoms with E-state index in [0.29, 0.717) is 17.2 Å². The van der Waals surface area contributed by atoms with Crippen molar-refractivity contribution in [2.75, 3.05) is 19.5 Å². The van der Waals surface area contributed by atoms with Gasteiger partial charge in [-0.05, 0) is 12.1 Å². The van der Waals surface area contributed by atoms with Gasteiger partial charge < -0.3 is 24.6 Å². The van der Waals surface area contributed by atoms with Gasteiger partial charge in [0.05, 0.1) is 19.9 Å². The number of fused-ring (bicyclic) bond motifs is 1. The molecular formula is C10H11NO5. The summed E-state index contributed by atoms with van der Waals surface area (Å²) in [4.78, 5) is 11.2. The summed E-state index contributed by atoms with van der Waals surface area (Å²) in [6.07, 6.45) is -1.53. The molecule has 0 spiro atoms.